The van der Waals surface area contributed by atoms with Crippen LogP contribution in [0.15, 0.2) is 39.7 Å². The van der Waals surface area contributed by atoms with Gasteiger partial charge < -0.3 is 15.1 Å². The molecular formula is C19H26F3IN4O3S. The van der Waals surface area contributed by atoms with Gasteiger partial charge in [0.05, 0.1) is 6.04 Å². The van der Waals surface area contributed by atoms with Crippen LogP contribution in [0.5, 0.6) is 0 Å². The van der Waals surface area contributed by atoms with Crippen molar-refractivity contribution in [1.29, 1.82) is 0 Å². The van der Waals surface area contributed by atoms with Gasteiger partial charge in [0.2, 0.25) is 0 Å². The largest absolute Gasteiger partial charge is 0.511 e. The van der Waals surface area contributed by atoms with E-state index in [0.717, 1.165) is 16.7 Å². The second-order valence-corrected chi connectivity index (χ2v) is 9.23. The van der Waals surface area contributed by atoms with Crippen LogP contribution < -0.4 is 10.6 Å². The summed E-state index contributed by atoms with van der Waals surface area (Å²) in [4.78, 5) is 4.18. The summed E-state index contributed by atoms with van der Waals surface area (Å²) in [6.45, 7) is 2.13. The lowest BCUT2D eigenvalue weighted by Crippen LogP contribution is -2.47. The molecule has 1 aromatic heterocycles. The van der Waals surface area contributed by atoms with E-state index in [0.29, 0.717) is 29.7 Å². The van der Waals surface area contributed by atoms with Crippen LogP contribution in [0, 0.1) is 5.92 Å². The number of hydrogen-bond donors (Lipinski definition) is 2. The fourth-order valence-electron chi connectivity index (χ4n) is 3.43. The molecule has 0 saturated carbocycles. The summed E-state index contributed by atoms with van der Waals surface area (Å²) in [6, 6.07) is 9.50. The Kier molecular flexibility index (Phi) is 8.62. The molecule has 1 aliphatic rings. The Morgan fingerprint density at radius 1 is 1.29 bits per heavy atom. The summed E-state index contributed by atoms with van der Waals surface area (Å²) < 4.78 is 67.4. The molecule has 1 atom stereocenters. The Hall–Kier alpha value is -1.54. The highest BCUT2D eigenvalue weighted by atomic mass is 127. The molecule has 1 aromatic carbocycles. The van der Waals surface area contributed by atoms with E-state index < -0.39 is 15.5 Å². The maximum Gasteiger partial charge on any atom is 0.511 e. The van der Waals surface area contributed by atoms with Gasteiger partial charge >= 0.3 is 15.5 Å². The predicted molar refractivity (Wildman–Crippen MR) is 124 cm³/mol. The highest BCUT2D eigenvalue weighted by molar-refractivity contribution is 14.0. The summed E-state index contributed by atoms with van der Waals surface area (Å²) in [5, 5.41) is 7.40. The molecule has 1 unspecified atom stereocenters. The molecule has 0 radical (unpaired) electrons. The van der Waals surface area contributed by atoms with Gasteiger partial charge in [-0.05, 0) is 37.8 Å². The van der Waals surface area contributed by atoms with Crippen LogP contribution in [0.4, 0.5) is 13.2 Å². The molecular weight excluding hydrogens is 548 g/mol. The Morgan fingerprint density at radius 2 is 1.94 bits per heavy atom. The number of para-hydroxylation sites is 1. The normalized spacial score (nSPS) is 17.9. The van der Waals surface area contributed by atoms with Gasteiger partial charge in [-0.1, -0.05) is 18.2 Å². The summed E-state index contributed by atoms with van der Waals surface area (Å²) in [6.07, 6.45) is 0.691. The maximum atomic E-state index is 12.7. The van der Waals surface area contributed by atoms with Gasteiger partial charge in [-0.15, -0.1) is 24.0 Å². The first kappa shape index (κ1) is 25.7. The molecule has 31 heavy (non-hydrogen) atoms. The number of nitrogens with one attached hydrogen (secondary N) is 2. The summed E-state index contributed by atoms with van der Waals surface area (Å²) >= 11 is 0. The number of rotatable bonds is 5. The maximum absolute atomic E-state index is 12.7. The number of aliphatic imine (C=N–C) groups is 1. The van der Waals surface area contributed by atoms with Crippen LogP contribution in [0.3, 0.4) is 0 Å². The summed E-state index contributed by atoms with van der Waals surface area (Å²) in [5.41, 5.74) is -4.46. The fraction of sp³-hybridized carbons (Fsp3) is 0.526. The molecule has 1 aliphatic heterocycles. The second kappa shape index (κ2) is 10.4. The number of benzene rings is 1. The third-order valence-corrected chi connectivity index (χ3v) is 6.84. The number of piperidine rings is 1. The number of nitrogens with zero attached hydrogens (tertiary/aromatic N) is 2. The van der Waals surface area contributed by atoms with E-state index in [-0.39, 0.29) is 49.0 Å². The van der Waals surface area contributed by atoms with Crippen LogP contribution >= 0.6 is 24.0 Å². The van der Waals surface area contributed by atoms with Crippen LogP contribution in [0.1, 0.15) is 31.6 Å². The highest BCUT2D eigenvalue weighted by Gasteiger charge is 2.50. The minimum absolute atomic E-state index is 0. The quantitative estimate of drug-likeness (QED) is 0.322. The summed E-state index contributed by atoms with van der Waals surface area (Å²) in [5.74, 6) is 1.34. The zero-order valence-corrected chi connectivity index (χ0v) is 20.3. The SMILES string of the molecule is CN=C(NCC1CCN(S(=O)(=O)C(F)(F)F)CC1)NC(C)c1cc2ccccc2o1.I. The van der Waals surface area contributed by atoms with E-state index in [1.165, 1.54) is 0 Å². The van der Waals surface area contributed by atoms with Crippen LogP contribution in [0.2, 0.25) is 0 Å². The van der Waals surface area contributed by atoms with Gasteiger partial charge in [0.25, 0.3) is 0 Å². The Labute approximate surface area is 196 Å². The first-order chi connectivity index (χ1) is 14.1. The van der Waals surface area contributed by atoms with Gasteiger partial charge in [0.15, 0.2) is 5.96 Å². The van der Waals surface area contributed by atoms with E-state index in [1.807, 2.05) is 37.3 Å². The molecule has 12 heteroatoms. The van der Waals surface area contributed by atoms with Crippen molar-refractivity contribution in [2.45, 2.75) is 31.3 Å². The van der Waals surface area contributed by atoms with Crippen molar-refractivity contribution in [3.63, 3.8) is 0 Å². The standard InChI is InChI=1S/C19H25F3N4O3S.HI/c1-13(17-11-15-5-3-4-6-16(15)29-17)25-18(23-2)24-12-14-7-9-26(10-8-14)30(27,28)19(20,21)22;/h3-6,11,13-14H,7-10,12H2,1-2H3,(H2,23,24,25);1H. The molecule has 2 heterocycles. The van der Waals surface area contributed by atoms with E-state index >= 15 is 0 Å². The molecule has 2 N–H and O–H groups in total. The third-order valence-electron chi connectivity index (χ3n) is 5.21. The first-order valence-electron chi connectivity index (χ1n) is 9.64. The number of sulfonamides is 1. The zero-order valence-electron chi connectivity index (χ0n) is 17.1. The lowest BCUT2D eigenvalue weighted by atomic mass is 9.98. The Bertz CT molecular complexity index is 969. The number of guanidine groups is 1. The van der Waals surface area contributed by atoms with Crippen molar-refractivity contribution >= 4 is 50.9 Å². The smallest absolute Gasteiger partial charge is 0.459 e. The van der Waals surface area contributed by atoms with Crippen molar-refractivity contribution in [3.05, 3.63) is 36.1 Å². The minimum atomic E-state index is -5.25. The van der Waals surface area contributed by atoms with Gasteiger partial charge in [-0.2, -0.15) is 17.5 Å². The van der Waals surface area contributed by atoms with Crippen molar-refractivity contribution in [3.8, 4) is 0 Å². The van der Waals surface area contributed by atoms with Crippen molar-refractivity contribution in [1.82, 2.24) is 14.9 Å². The third kappa shape index (κ3) is 6.04. The zero-order chi connectivity index (χ0) is 21.9. The van der Waals surface area contributed by atoms with E-state index in [9.17, 15) is 21.6 Å². The van der Waals surface area contributed by atoms with Crippen LogP contribution in [0.25, 0.3) is 11.0 Å². The van der Waals surface area contributed by atoms with Gasteiger partial charge in [0, 0.05) is 32.1 Å². The molecule has 0 aliphatic carbocycles. The molecule has 7 nitrogen and oxygen atoms in total. The molecule has 1 fully saturated rings. The average molecular weight is 574 g/mol. The molecule has 0 bridgehead atoms. The second-order valence-electron chi connectivity index (χ2n) is 7.30. The Morgan fingerprint density at radius 3 is 2.52 bits per heavy atom. The first-order valence-corrected chi connectivity index (χ1v) is 11.1. The fourth-order valence-corrected chi connectivity index (χ4v) is 4.41. The van der Waals surface area contributed by atoms with Gasteiger partial charge in [-0.3, -0.25) is 4.99 Å². The summed E-state index contributed by atoms with van der Waals surface area (Å²) in [7, 11) is -3.63. The monoisotopic (exact) mass is 574 g/mol. The lowest BCUT2D eigenvalue weighted by Gasteiger charge is -2.31. The van der Waals surface area contributed by atoms with Crippen LogP contribution in [-0.4, -0.2) is 50.9 Å². The Balaban J connectivity index is 0.00000341. The predicted octanol–water partition coefficient (Wildman–Crippen LogP) is 3.84. The van der Waals surface area contributed by atoms with Gasteiger partial charge in [-0.25, -0.2) is 8.42 Å². The molecule has 2 aromatic rings. The van der Waals surface area contributed by atoms with Crippen molar-refractivity contribution in [2.75, 3.05) is 26.7 Å². The van der Waals surface area contributed by atoms with E-state index in [4.69, 9.17) is 4.42 Å². The number of hydrogen-bond acceptors (Lipinski definition) is 4. The molecule has 0 amide bonds. The molecule has 174 valence electrons. The molecule has 0 spiro atoms. The van der Waals surface area contributed by atoms with Crippen molar-refractivity contribution < 1.29 is 26.0 Å². The van der Waals surface area contributed by atoms with Crippen molar-refractivity contribution in [2.24, 2.45) is 10.9 Å². The topological polar surface area (TPSA) is 86.9 Å². The number of halogens is 4. The minimum Gasteiger partial charge on any atom is -0.459 e. The van der Waals surface area contributed by atoms with E-state index in [1.54, 1.807) is 7.05 Å². The lowest BCUT2D eigenvalue weighted by molar-refractivity contribution is -0.0496. The van der Waals surface area contributed by atoms with Crippen LogP contribution in [-0.2, 0) is 10.0 Å². The van der Waals surface area contributed by atoms with Gasteiger partial charge in [0.1, 0.15) is 11.3 Å². The number of alkyl halides is 3. The average Bonchev–Trinajstić information content (AvgIpc) is 3.15. The highest BCUT2D eigenvalue weighted by Crippen LogP contribution is 2.30. The molecule has 1 saturated heterocycles. The number of fused-ring (bicyclic) bond motifs is 1. The number of furan rings is 1. The van der Waals surface area contributed by atoms with E-state index in [2.05, 4.69) is 15.6 Å². The molecule has 3 rings (SSSR count).